The number of aryl methyl sites for hydroxylation is 1. The molecule has 1 saturated heterocycles. The molecule has 0 saturated carbocycles. The van der Waals surface area contributed by atoms with Crippen molar-refractivity contribution in [1.29, 1.82) is 0 Å². The van der Waals surface area contributed by atoms with Crippen LogP contribution in [0.1, 0.15) is 59.4 Å². The smallest absolute Gasteiger partial charge is 0.410 e. The van der Waals surface area contributed by atoms with Gasteiger partial charge in [0.1, 0.15) is 18.0 Å². The summed E-state index contributed by atoms with van der Waals surface area (Å²) in [6.07, 6.45) is 7.80. The van der Waals surface area contributed by atoms with Crippen molar-refractivity contribution in [1.82, 2.24) is 9.88 Å². The van der Waals surface area contributed by atoms with Crippen LogP contribution in [0, 0.1) is 5.92 Å². The van der Waals surface area contributed by atoms with Gasteiger partial charge in [-0.2, -0.15) is 0 Å². The maximum absolute atomic E-state index is 12.3. The van der Waals surface area contributed by atoms with Gasteiger partial charge in [-0.3, -0.25) is 4.98 Å². The van der Waals surface area contributed by atoms with E-state index < -0.39 is 5.60 Å². The Bertz CT molecular complexity index is 873. The second-order valence-electron chi connectivity index (χ2n) is 9.82. The average molecular weight is 425 g/mol. The number of likely N-dealkylation sites (tertiary alicyclic amines) is 1. The molecule has 3 rings (SSSR count). The first-order chi connectivity index (χ1) is 14.7. The molecule has 1 unspecified atom stereocenters. The number of pyridine rings is 1. The zero-order valence-electron chi connectivity index (χ0n) is 19.6. The standard InChI is InChI=1S/C26H36N2O3/c1-19(2)8-6-9-20-10-7-11-21(14-20)22-15-24(17-27-16-22)30-18-23-12-13-28(23)25(29)31-26(3,4)5/h7,10-11,14-17,19,23H,6,8-9,12-13,18H2,1-5H3. The second-order valence-corrected chi connectivity index (χ2v) is 9.82. The summed E-state index contributed by atoms with van der Waals surface area (Å²) in [5.41, 5.74) is 3.06. The molecule has 1 aliphatic heterocycles. The summed E-state index contributed by atoms with van der Waals surface area (Å²) in [7, 11) is 0. The predicted molar refractivity (Wildman–Crippen MR) is 124 cm³/mol. The van der Waals surface area contributed by atoms with Crippen LogP contribution >= 0.6 is 0 Å². The van der Waals surface area contributed by atoms with Gasteiger partial charge in [-0.1, -0.05) is 44.5 Å². The molecule has 0 radical (unpaired) electrons. The summed E-state index contributed by atoms with van der Waals surface area (Å²) >= 11 is 0. The number of benzene rings is 1. The maximum atomic E-state index is 12.3. The first kappa shape index (κ1) is 23.1. The number of hydrogen-bond acceptors (Lipinski definition) is 4. The summed E-state index contributed by atoms with van der Waals surface area (Å²) in [5, 5.41) is 0. The third-order valence-electron chi connectivity index (χ3n) is 5.43. The number of carbonyl (C=O) groups is 1. The van der Waals surface area contributed by atoms with Crippen molar-refractivity contribution < 1.29 is 14.3 Å². The third kappa shape index (κ3) is 6.98. The molecule has 1 atom stereocenters. The van der Waals surface area contributed by atoms with Gasteiger partial charge in [0.05, 0.1) is 12.2 Å². The van der Waals surface area contributed by atoms with Gasteiger partial charge >= 0.3 is 6.09 Å². The lowest BCUT2D eigenvalue weighted by atomic mass is 9.99. The molecule has 2 aromatic rings. The summed E-state index contributed by atoms with van der Waals surface area (Å²) in [6, 6.07) is 10.7. The molecule has 0 N–H and O–H groups in total. The fourth-order valence-corrected chi connectivity index (χ4v) is 3.64. The van der Waals surface area contributed by atoms with Gasteiger partial charge in [0.2, 0.25) is 0 Å². The quantitative estimate of drug-likeness (QED) is 0.512. The lowest BCUT2D eigenvalue weighted by molar-refractivity contribution is -0.0141. The Morgan fingerprint density at radius 3 is 2.68 bits per heavy atom. The van der Waals surface area contributed by atoms with Crippen molar-refractivity contribution in [3.05, 3.63) is 48.3 Å². The molecule has 1 aliphatic rings. The van der Waals surface area contributed by atoms with Crippen LogP contribution in [0.3, 0.4) is 0 Å². The molecule has 5 heteroatoms. The maximum Gasteiger partial charge on any atom is 0.410 e. The molecule has 1 amide bonds. The summed E-state index contributed by atoms with van der Waals surface area (Å²) < 4.78 is 11.5. The van der Waals surface area contributed by atoms with Gasteiger partial charge in [-0.25, -0.2) is 4.79 Å². The van der Waals surface area contributed by atoms with Crippen molar-refractivity contribution in [3.8, 4) is 16.9 Å². The summed E-state index contributed by atoms with van der Waals surface area (Å²) in [4.78, 5) is 18.4. The van der Waals surface area contributed by atoms with E-state index in [9.17, 15) is 4.79 Å². The molecule has 2 heterocycles. The van der Waals surface area contributed by atoms with Crippen molar-refractivity contribution in [2.24, 2.45) is 5.92 Å². The Morgan fingerprint density at radius 2 is 2.00 bits per heavy atom. The van der Waals surface area contributed by atoms with Gasteiger partial charge in [0, 0.05) is 18.3 Å². The zero-order chi connectivity index (χ0) is 22.4. The number of hydrogen-bond donors (Lipinski definition) is 0. The van der Waals surface area contributed by atoms with Crippen molar-refractivity contribution in [2.45, 2.75) is 71.9 Å². The first-order valence-corrected chi connectivity index (χ1v) is 11.4. The Kier molecular flexibility index (Phi) is 7.58. The fraction of sp³-hybridized carbons (Fsp3) is 0.538. The number of nitrogens with zero attached hydrogens (tertiary/aromatic N) is 2. The molecule has 1 fully saturated rings. The SMILES string of the molecule is CC(C)CCCc1cccc(-c2cncc(OCC3CCN3C(=O)OC(C)(C)C)c2)c1. The van der Waals surface area contributed by atoms with Crippen molar-refractivity contribution in [3.63, 3.8) is 0 Å². The van der Waals surface area contributed by atoms with Crippen molar-refractivity contribution in [2.75, 3.05) is 13.2 Å². The monoisotopic (exact) mass is 424 g/mol. The minimum Gasteiger partial charge on any atom is -0.490 e. The van der Waals surface area contributed by atoms with E-state index in [1.54, 1.807) is 11.1 Å². The summed E-state index contributed by atoms with van der Waals surface area (Å²) in [6.45, 7) is 11.3. The topological polar surface area (TPSA) is 51.7 Å². The second kappa shape index (κ2) is 10.2. The number of ether oxygens (including phenoxy) is 2. The molecular formula is C26H36N2O3. The molecule has 5 nitrogen and oxygen atoms in total. The zero-order valence-corrected chi connectivity index (χ0v) is 19.6. The van der Waals surface area contributed by atoms with E-state index in [4.69, 9.17) is 9.47 Å². The van der Waals surface area contributed by atoms with Gasteiger partial charge in [-0.05, 0) is 63.1 Å². The largest absolute Gasteiger partial charge is 0.490 e. The predicted octanol–water partition coefficient (Wildman–Crippen LogP) is 6.12. The lowest BCUT2D eigenvalue weighted by Crippen LogP contribution is -2.55. The van der Waals surface area contributed by atoms with E-state index in [1.165, 1.54) is 18.4 Å². The minimum atomic E-state index is -0.486. The first-order valence-electron chi connectivity index (χ1n) is 11.4. The summed E-state index contributed by atoms with van der Waals surface area (Å²) in [5.74, 6) is 1.46. The minimum absolute atomic E-state index is 0.0443. The normalized spacial score (nSPS) is 16.2. The van der Waals surface area contributed by atoms with Gasteiger partial charge in [0.25, 0.3) is 0 Å². The van der Waals surface area contributed by atoms with Crippen LogP contribution in [0.5, 0.6) is 5.75 Å². The average Bonchev–Trinajstić information content (AvgIpc) is 2.66. The number of amides is 1. The van der Waals surface area contributed by atoms with Crippen LogP contribution in [-0.4, -0.2) is 40.8 Å². The highest BCUT2D eigenvalue weighted by molar-refractivity contribution is 5.69. The van der Waals surface area contributed by atoms with E-state index in [1.807, 2.05) is 33.0 Å². The molecule has 1 aromatic heterocycles. The van der Waals surface area contributed by atoms with Gasteiger partial charge < -0.3 is 14.4 Å². The van der Waals surface area contributed by atoms with Crippen LogP contribution in [0.25, 0.3) is 11.1 Å². The molecule has 1 aromatic carbocycles. The van der Waals surface area contributed by atoms with Crippen LogP contribution in [0.15, 0.2) is 42.7 Å². The van der Waals surface area contributed by atoms with E-state index in [-0.39, 0.29) is 12.1 Å². The highest BCUT2D eigenvalue weighted by atomic mass is 16.6. The number of aromatic nitrogens is 1. The molecular weight excluding hydrogens is 388 g/mol. The van der Waals surface area contributed by atoms with Crippen LogP contribution < -0.4 is 4.74 Å². The van der Waals surface area contributed by atoms with Crippen LogP contribution in [0.2, 0.25) is 0 Å². The van der Waals surface area contributed by atoms with Crippen molar-refractivity contribution >= 4 is 6.09 Å². The molecule has 0 aliphatic carbocycles. The number of carbonyl (C=O) groups excluding carboxylic acids is 1. The van der Waals surface area contributed by atoms with Gasteiger partial charge in [-0.15, -0.1) is 0 Å². The lowest BCUT2D eigenvalue weighted by Gasteiger charge is -2.40. The third-order valence-corrected chi connectivity index (χ3v) is 5.43. The van der Waals surface area contributed by atoms with Crippen LogP contribution in [0.4, 0.5) is 4.79 Å². The Hall–Kier alpha value is -2.56. The fourth-order valence-electron chi connectivity index (χ4n) is 3.64. The Morgan fingerprint density at radius 1 is 1.19 bits per heavy atom. The van der Waals surface area contributed by atoms with E-state index in [0.29, 0.717) is 13.2 Å². The van der Waals surface area contributed by atoms with E-state index in [0.717, 1.165) is 35.6 Å². The number of rotatable bonds is 8. The molecule has 168 valence electrons. The van der Waals surface area contributed by atoms with E-state index in [2.05, 4.69) is 43.1 Å². The molecule has 0 bridgehead atoms. The molecule has 0 spiro atoms. The molecule has 31 heavy (non-hydrogen) atoms. The van der Waals surface area contributed by atoms with Gasteiger partial charge in [0.15, 0.2) is 0 Å². The van der Waals surface area contributed by atoms with E-state index >= 15 is 0 Å². The Balaban J connectivity index is 1.58. The Labute approximate surface area is 186 Å². The highest BCUT2D eigenvalue weighted by Crippen LogP contribution is 2.26. The highest BCUT2D eigenvalue weighted by Gasteiger charge is 2.35. The van der Waals surface area contributed by atoms with Crippen LogP contribution in [-0.2, 0) is 11.2 Å².